The topological polar surface area (TPSA) is 73.8 Å². The first-order chi connectivity index (χ1) is 15.3. The number of benzene rings is 1. The Balaban J connectivity index is 1.28. The van der Waals surface area contributed by atoms with Crippen LogP contribution in [-0.4, -0.2) is 67.3 Å². The fourth-order valence-electron chi connectivity index (χ4n) is 4.19. The number of halogens is 2. The molecule has 12 heteroatoms. The lowest BCUT2D eigenvalue weighted by molar-refractivity contribution is -0.134. The summed E-state index contributed by atoms with van der Waals surface area (Å²) in [4.78, 5) is 21.9. The van der Waals surface area contributed by atoms with Gasteiger partial charge < -0.3 is 9.80 Å². The van der Waals surface area contributed by atoms with E-state index in [-0.39, 0.29) is 10.1 Å². The highest BCUT2D eigenvalue weighted by Crippen LogP contribution is 2.35. The van der Waals surface area contributed by atoms with Gasteiger partial charge in [0, 0.05) is 32.7 Å². The number of para-hydroxylation sites is 1. The summed E-state index contributed by atoms with van der Waals surface area (Å²) in [6.07, 6.45) is 1.20. The number of anilines is 1. The maximum absolute atomic E-state index is 13.3. The molecule has 2 aromatic heterocycles. The Bertz CT molecular complexity index is 1270. The van der Waals surface area contributed by atoms with Gasteiger partial charge in [-0.2, -0.15) is 4.31 Å². The smallest absolute Gasteiger partial charge is 0.253 e. The van der Waals surface area contributed by atoms with E-state index in [1.165, 1.54) is 10.4 Å². The molecule has 7 nitrogen and oxygen atoms in total. The second kappa shape index (κ2) is 8.73. The van der Waals surface area contributed by atoms with E-state index >= 15 is 0 Å². The summed E-state index contributed by atoms with van der Waals surface area (Å²) in [6.45, 7) is 2.68. The molecule has 1 unspecified atom stereocenters. The first-order valence-corrected chi connectivity index (χ1v) is 14.0. The number of fused-ring (bicyclic) bond motifs is 1. The summed E-state index contributed by atoms with van der Waals surface area (Å²) in [6, 6.07) is 8.15. The van der Waals surface area contributed by atoms with Gasteiger partial charge in [0.2, 0.25) is 5.91 Å². The zero-order chi connectivity index (χ0) is 22.5. The number of thiazole rings is 1. The number of amides is 1. The predicted octanol–water partition coefficient (Wildman–Crippen LogP) is 4.17. The average Bonchev–Trinajstić information content (AvgIpc) is 3.53. The fraction of sp³-hybridized carbons (Fsp3) is 0.400. The number of carbonyl (C=O) groups excluding carboxylic acids is 1. The quantitative estimate of drug-likeness (QED) is 0.506. The number of piperazine rings is 1. The molecule has 2 aliphatic heterocycles. The number of thiophene rings is 1. The molecule has 0 aliphatic carbocycles. The Kier molecular flexibility index (Phi) is 6.10. The van der Waals surface area contributed by atoms with Gasteiger partial charge >= 0.3 is 0 Å². The second-order valence-corrected chi connectivity index (χ2v) is 13.0. The van der Waals surface area contributed by atoms with Crippen molar-refractivity contribution in [2.24, 2.45) is 0 Å². The van der Waals surface area contributed by atoms with E-state index in [9.17, 15) is 13.2 Å². The number of sulfonamides is 1. The zero-order valence-corrected chi connectivity index (χ0v) is 20.9. The summed E-state index contributed by atoms with van der Waals surface area (Å²) < 4.78 is 29.1. The standard InChI is InChI=1S/C20H20Cl2N4O3S3/c21-13-3-1-5-15-18(13)23-20(30-15)25-11-9-24(10-12-25)19(27)14-4-2-8-26(14)32(28,29)17-7-6-16(22)31-17/h1,3,5-7,14H,2,4,8-12H2. The third kappa shape index (κ3) is 4.01. The lowest BCUT2D eigenvalue weighted by Crippen LogP contribution is -2.54. The van der Waals surface area contributed by atoms with Gasteiger partial charge in [0.15, 0.2) is 5.13 Å². The molecule has 1 atom stereocenters. The van der Waals surface area contributed by atoms with Crippen molar-refractivity contribution in [3.63, 3.8) is 0 Å². The number of hydrogen-bond donors (Lipinski definition) is 0. The second-order valence-electron chi connectivity index (χ2n) is 7.73. The molecule has 0 spiro atoms. The molecule has 2 saturated heterocycles. The molecule has 32 heavy (non-hydrogen) atoms. The van der Waals surface area contributed by atoms with Crippen LogP contribution in [0.25, 0.3) is 10.2 Å². The minimum absolute atomic E-state index is 0.124. The van der Waals surface area contributed by atoms with E-state index in [4.69, 9.17) is 23.2 Å². The molecule has 170 valence electrons. The predicted molar refractivity (Wildman–Crippen MR) is 130 cm³/mol. The average molecular weight is 532 g/mol. The molecule has 0 N–H and O–H groups in total. The Morgan fingerprint density at radius 1 is 1.03 bits per heavy atom. The molecule has 2 fully saturated rings. The normalized spacial score (nSPS) is 20.4. The molecule has 4 heterocycles. The van der Waals surface area contributed by atoms with Crippen LogP contribution in [0.5, 0.6) is 0 Å². The van der Waals surface area contributed by atoms with Crippen LogP contribution in [0.2, 0.25) is 9.36 Å². The van der Waals surface area contributed by atoms with Gasteiger partial charge in [-0.3, -0.25) is 4.79 Å². The van der Waals surface area contributed by atoms with Crippen LogP contribution in [0, 0.1) is 0 Å². The summed E-state index contributed by atoms with van der Waals surface area (Å²) >= 11 is 14.8. The van der Waals surface area contributed by atoms with E-state index in [0.717, 1.165) is 26.7 Å². The van der Waals surface area contributed by atoms with Crippen molar-refractivity contribution >= 4 is 77.2 Å². The molecule has 2 aliphatic rings. The van der Waals surface area contributed by atoms with Crippen molar-refractivity contribution < 1.29 is 13.2 Å². The Hall–Kier alpha value is -1.43. The molecule has 3 aromatic rings. The van der Waals surface area contributed by atoms with Crippen LogP contribution in [0.1, 0.15) is 12.8 Å². The van der Waals surface area contributed by atoms with Gasteiger partial charge in [0.25, 0.3) is 10.0 Å². The molecule has 0 radical (unpaired) electrons. The van der Waals surface area contributed by atoms with Gasteiger partial charge in [-0.05, 0) is 37.1 Å². The molecular weight excluding hydrogens is 511 g/mol. The van der Waals surface area contributed by atoms with Gasteiger partial charge in [0.05, 0.1) is 14.1 Å². The van der Waals surface area contributed by atoms with Gasteiger partial charge in [-0.25, -0.2) is 13.4 Å². The maximum atomic E-state index is 13.3. The SMILES string of the molecule is O=C(C1CCCN1S(=O)(=O)c1ccc(Cl)s1)N1CCN(c2nc3c(Cl)cccc3s2)CC1. The lowest BCUT2D eigenvalue weighted by atomic mass is 10.2. The first kappa shape index (κ1) is 22.4. The zero-order valence-electron chi connectivity index (χ0n) is 16.9. The van der Waals surface area contributed by atoms with E-state index in [2.05, 4.69) is 9.88 Å². The van der Waals surface area contributed by atoms with E-state index in [1.807, 2.05) is 18.2 Å². The van der Waals surface area contributed by atoms with E-state index in [0.29, 0.717) is 54.9 Å². The number of carbonyl (C=O) groups is 1. The van der Waals surface area contributed by atoms with Crippen molar-refractivity contribution in [2.45, 2.75) is 23.1 Å². The van der Waals surface area contributed by atoms with Gasteiger partial charge in [0.1, 0.15) is 15.8 Å². The monoisotopic (exact) mass is 530 g/mol. The van der Waals surface area contributed by atoms with Crippen LogP contribution in [0.3, 0.4) is 0 Å². The number of hydrogen-bond acceptors (Lipinski definition) is 7. The highest BCUT2D eigenvalue weighted by Gasteiger charge is 2.42. The van der Waals surface area contributed by atoms with Crippen molar-refractivity contribution in [1.29, 1.82) is 0 Å². The molecule has 1 amide bonds. The van der Waals surface area contributed by atoms with Crippen molar-refractivity contribution in [3.8, 4) is 0 Å². The Morgan fingerprint density at radius 2 is 1.81 bits per heavy atom. The molecular formula is C20H20Cl2N4O3S3. The molecule has 5 rings (SSSR count). The Morgan fingerprint density at radius 3 is 2.50 bits per heavy atom. The largest absolute Gasteiger partial charge is 0.345 e. The minimum Gasteiger partial charge on any atom is -0.345 e. The molecule has 1 aromatic carbocycles. The molecule has 0 saturated carbocycles. The van der Waals surface area contributed by atoms with Crippen molar-refractivity contribution in [2.75, 3.05) is 37.6 Å². The van der Waals surface area contributed by atoms with Crippen LogP contribution < -0.4 is 4.90 Å². The highest BCUT2D eigenvalue weighted by atomic mass is 35.5. The van der Waals surface area contributed by atoms with Gasteiger partial charge in [-0.1, -0.05) is 40.6 Å². The first-order valence-electron chi connectivity index (χ1n) is 10.2. The third-order valence-electron chi connectivity index (χ3n) is 5.82. The lowest BCUT2D eigenvalue weighted by Gasteiger charge is -2.37. The van der Waals surface area contributed by atoms with Crippen LogP contribution in [0.4, 0.5) is 5.13 Å². The summed E-state index contributed by atoms with van der Waals surface area (Å²) in [5.74, 6) is -0.124. The summed E-state index contributed by atoms with van der Waals surface area (Å²) in [7, 11) is -3.73. The van der Waals surface area contributed by atoms with E-state index < -0.39 is 16.1 Å². The van der Waals surface area contributed by atoms with Crippen LogP contribution >= 0.6 is 45.9 Å². The number of rotatable bonds is 4. The number of aromatic nitrogens is 1. The summed E-state index contributed by atoms with van der Waals surface area (Å²) in [5.41, 5.74) is 0.799. The maximum Gasteiger partial charge on any atom is 0.253 e. The minimum atomic E-state index is -3.73. The fourth-order valence-corrected chi connectivity index (χ4v) is 8.77. The van der Waals surface area contributed by atoms with Crippen molar-refractivity contribution in [3.05, 3.63) is 39.7 Å². The molecule has 0 bridgehead atoms. The van der Waals surface area contributed by atoms with Gasteiger partial charge in [-0.15, -0.1) is 11.3 Å². The number of nitrogens with zero attached hydrogens (tertiary/aromatic N) is 4. The summed E-state index contributed by atoms with van der Waals surface area (Å²) in [5, 5.41) is 1.52. The van der Waals surface area contributed by atoms with Crippen LogP contribution in [-0.2, 0) is 14.8 Å². The van der Waals surface area contributed by atoms with E-state index in [1.54, 1.807) is 22.3 Å². The van der Waals surface area contributed by atoms with Crippen LogP contribution in [0.15, 0.2) is 34.5 Å². The van der Waals surface area contributed by atoms with Crippen molar-refractivity contribution in [1.82, 2.24) is 14.2 Å². The Labute approximate surface area is 204 Å². The highest BCUT2D eigenvalue weighted by molar-refractivity contribution is 7.91. The third-order valence-corrected chi connectivity index (χ3v) is 10.8.